The van der Waals surface area contributed by atoms with Gasteiger partial charge in [0, 0.05) is 12.7 Å². The van der Waals surface area contributed by atoms with E-state index < -0.39 is 15.8 Å². The molecular weight excluding hydrogens is 228 g/mol. The molecule has 0 saturated heterocycles. The van der Waals surface area contributed by atoms with Gasteiger partial charge in [0.05, 0.1) is 4.90 Å². The lowest BCUT2D eigenvalue weighted by Crippen LogP contribution is -2.05. The van der Waals surface area contributed by atoms with E-state index in [9.17, 15) is 13.2 Å². The molecule has 88 valence electrons. The average Bonchev–Trinajstić information content (AvgIpc) is 2.14. The molecule has 4 nitrogen and oxygen atoms in total. The standard InChI is InChI=1S/C11H14O4S/c1-8-3-4-9(5-6-11(12)13)10(7-8)16(2,14)15/h3-4,7H,5-6H2,1-2H3,(H,12,13). The predicted molar refractivity (Wildman–Crippen MR) is 60.2 cm³/mol. The quantitative estimate of drug-likeness (QED) is 0.866. The topological polar surface area (TPSA) is 71.4 Å². The fourth-order valence-electron chi connectivity index (χ4n) is 1.46. The third kappa shape index (κ3) is 3.34. The van der Waals surface area contributed by atoms with E-state index in [1.54, 1.807) is 25.1 Å². The highest BCUT2D eigenvalue weighted by molar-refractivity contribution is 7.90. The number of hydrogen-bond donors (Lipinski definition) is 1. The van der Waals surface area contributed by atoms with Crippen molar-refractivity contribution in [1.82, 2.24) is 0 Å². The minimum absolute atomic E-state index is 0.0639. The maximum Gasteiger partial charge on any atom is 0.303 e. The van der Waals surface area contributed by atoms with Gasteiger partial charge in [-0.15, -0.1) is 0 Å². The van der Waals surface area contributed by atoms with Crippen molar-refractivity contribution in [3.05, 3.63) is 29.3 Å². The first kappa shape index (κ1) is 12.7. The van der Waals surface area contributed by atoms with Gasteiger partial charge in [0.25, 0.3) is 0 Å². The zero-order valence-electron chi connectivity index (χ0n) is 9.23. The summed E-state index contributed by atoms with van der Waals surface area (Å²) in [5.74, 6) is -0.931. The van der Waals surface area contributed by atoms with E-state index in [2.05, 4.69) is 0 Å². The van der Waals surface area contributed by atoms with Gasteiger partial charge in [-0.3, -0.25) is 4.79 Å². The van der Waals surface area contributed by atoms with Gasteiger partial charge in [-0.05, 0) is 30.5 Å². The van der Waals surface area contributed by atoms with Crippen LogP contribution in [0, 0.1) is 6.92 Å². The molecule has 5 heteroatoms. The smallest absolute Gasteiger partial charge is 0.303 e. The molecule has 1 rings (SSSR count). The van der Waals surface area contributed by atoms with Crippen molar-refractivity contribution in [1.29, 1.82) is 0 Å². The number of carboxylic acids is 1. The molecule has 0 saturated carbocycles. The molecule has 0 spiro atoms. The number of hydrogen-bond acceptors (Lipinski definition) is 3. The number of aliphatic carboxylic acids is 1. The number of benzene rings is 1. The minimum Gasteiger partial charge on any atom is -0.481 e. The Morgan fingerprint density at radius 2 is 2.00 bits per heavy atom. The van der Waals surface area contributed by atoms with Crippen LogP contribution in [0.4, 0.5) is 0 Å². The molecule has 1 aromatic rings. The van der Waals surface area contributed by atoms with Crippen molar-refractivity contribution in [2.45, 2.75) is 24.7 Å². The van der Waals surface area contributed by atoms with E-state index in [-0.39, 0.29) is 17.7 Å². The Kier molecular flexibility index (Phi) is 3.70. The molecule has 0 aliphatic heterocycles. The zero-order valence-corrected chi connectivity index (χ0v) is 10.0. The molecule has 0 fully saturated rings. The highest BCUT2D eigenvalue weighted by atomic mass is 32.2. The van der Waals surface area contributed by atoms with Crippen LogP contribution in [0.1, 0.15) is 17.5 Å². The third-order valence-corrected chi connectivity index (χ3v) is 3.41. The van der Waals surface area contributed by atoms with Crippen LogP contribution in [0.3, 0.4) is 0 Å². The van der Waals surface area contributed by atoms with Gasteiger partial charge < -0.3 is 5.11 Å². The lowest BCUT2D eigenvalue weighted by Gasteiger charge is -2.07. The second-order valence-corrected chi connectivity index (χ2v) is 5.76. The second kappa shape index (κ2) is 4.65. The van der Waals surface area contributed by atoms with E-state index in [0.717, 1.165) is 11.8 Å². The first-order valence-electron chi connectivity index (χ1n) is 4.82. The highest BCUT2D eigenvalue weighted by Gasteiger charge is 2.13. The summed E-state index contributed by atoms with van der Waals surface area (Å²) < 4.78 is 23.0. The molecule has 0 unspecified atom stereocenters. The molecule has 0 heterocycles. The summed E-state index contributed by atoms with van der Waals surface area (Å²) in [6, 6.07) is 5.03. The molecule has 0 aliphatic rings. The predicted octanol–water partition coefficient (Wildman–Crippen LogP) is 1.42. The van der Waals surface area contributed by atoms with Crippen molar-refractivity contribution in [3.8, 4) is 0 Å². The largest absolute Gasteiger partial charge is 0.481 e. The van der Waals surface area contributed by atoms with Crippen LogP contribution in [-0.2, 0) is 21.1 Å². The Balaban J connectivity index is 3.13. The van der Waals surface area contributed by atoms with Crippen LogP contribution in [0.2, 0.25) is 0 Å². The van der Waals surface area contributed by atoms with E-state index in [1.165, 1.54) is 0 Å². The number of carboxylic acid groups (broad SMARTS) is 1. The first-order valence-corrected chi connectivity index (χ1v) is 6.71. The summed E-state index contributed by atoms with van der Waals surface area (Å²) in [4.78, 5) is 10.7. The Bertz CT molecular complexity index is 503. The van der Waals surface area contributed by atoms with Gasteiger partial charge in [-0.25, -0.2) is 8.42 Å². The van der Waals surface area contributed by atoms with Crippen LogP contribution in [0.25, 0.3) is 0 Å². The molecule has 0 atom stereocenters. The summed E-state index contributed by atoms with van der Waals surface area (Å²) >= 11 is 0. The maximum absolute atomic E-state index is 11.5. The molecule has 0 radical (unpaired) electrons. The van der Waals surface area contributed by atoms with Crippen LogP contribution >= 0.6 is 0 Å². The SMILES string of the molecule is Cc1ccc(CCC(=O)O)c(S(C)(=O)=O)c1. The van der Waals surface area contributed by atoms with E-state index >= 15 is 0 Å². The monoisotopic (exact) mass is 242 g/mol. The van der Waals surface area contributed by atoms with Gasteiger partial charge >= 0.3 is 5.97 Å². The Morgan fingerprint density at radius 3 is 2.50 bits per heavy atom. The Hall–Kier alpha value is -1.36. The lowest BCUT2D eigenvalue weighted by molar-refractivity contribution is -0.136. The van der Waals surface area contributed by atoms with Crippen LogP contribution in [0.5, 0.6) is 0 Å². The molecule has 16 heavy (non-hydrogen) atoms. The molecule has 1 N–H and O–H groups in total. The lowest BCUT2D eigenvalue weighted by atomic mass is 10.1. The van der Waals surface area contributed by atoms with Crippen LogP contribution in [-0.4, -0.2) is 25.7 Å². The molecule has 0 amide bonds. The average molecular weight is 242 g/mol. The van der Waals surface area contributed by atoms with Gasteiger partial charge in [0.2, 0.25) is 0 Å². The zero-order chi connectivity index (χ0) is 12.3. The van der Waals surface area contributed by atoms with E-state index in [1.807, 2.05) is 0 Å². The Morgan fingerprint density at radius 1 is 1.38 bits per heavy atom. The summed E-state index contributed by atoms with van der Waals surface area (Å²) in [5, 5.41) is 8.57. The van der Waals surface area contributed by atoms with Crippen molar-refractivity contribution in [2.24, 2.45) is 0 Å². The van der Waals surface area contributed by atoms with Gasteiger partial charge in [-0.1, -0.05) is 12.1 Å². The van der Waals surface area contributed by atoms with Crippen molar-refractivity contribution in [2.75, 3.05) is 6.26 Å². The number of sulfone groups is 1. The summed E-state index contributed by atoms with van der Waals surface area (Å²) in [6.07, 6.45) is 1.30. The van der Waals surface area contributed by atoms with Crippen molar-refractivity contribution >= 4 is 15.8 Å². The molecule has 0 aliphatic carbocycles. The highest BCUT2D eigenvalue weighted by Crippen LogP contribution is 2.19. The summed E-state index contributed by atoms with van der Waals surface area (Å²) in [5.41, 5.74) is 1.41. The third-order valence-electron chi connectivity index (χ3n) is 2.23. The molecular formula is C11H14O4S. The number of aryl methyl sites for hydroxylation is 2. The van der Waals surface area contributed by atoms with Crippen molar-refractivity contribution < 1.29 is 18.3 Å². The first-order chi connectivity index (χ1) is 7.30. The van der Waals surface area contributed by atoms with Crippen LogP contribution in [0.15, 0.2) is 23.1 Å². The fourth-order valence-corrected chi connectivity index (χ4v) is 2.50. The van der Waals surface area contributed by atoms with E-state index in [4.69, 9.17) is 5.11 Å². The number of rotatable bonds is 4. The van der Waals surface area contributed by atoms with Gasteiger partial charge in [0.15, 0.2) is 9.84 Å². The van der Waals surface area contributed by atoms with Gasteiger partial charge in [-0.2, -0.15) is 0 Å². The minimum atomic E-state index is -3.30. The normalized spacial score (nSPS) is 11.4. The number of carbonyl (C=O) groups is 1. The fraction of sp³-hybridized carbons (Fsp3) is 0.364. The Labute approximate surface area is 94.8 Å². The molecule has 1 aromatic carbocycles. The summed E-state index contributed by atoms with van der Waals surface area (Å²) in [7, 11) is -3.30. The van der Waals surface area contributed by atoms with Gasteiger partial charge in [0.1, 0.15) is 0 Å². The van der Waals surface area contributed by atoms with Crippen LogP contribution < -0.4 is 0 Å². The summed E-state index contributed by atoms with van der Waals surface area (Å²) in [6.45, 7) is 1.80. The maximum atomic E-state index is 11.5. The second-order valence-electron chi connectivity index (χ2n) is 3.78. The molecule has 0 aromatic heterocycles. The molecule has 0 bridgehead atoms. The van der Waals surface area contributed by atoms with E-state index in [0.29, 0.717) is 5.56 Å². The van der Waals surface area contributed by atoms with Crippen molar-refractivity contribution in [3.63, 3.8) is 0 Å².